The predicted octanol–water partition coefficient (Wildman–Crippen LogP) is 2.99. The number of esters is 1. The van der Waals surface area contributed by atoms with Gasteiger partial charge in [0.1, 0.15) is 0 Å². The lowest BCUT2D eigenvalue weighted by Gasteiger charge is -2.14. The fourth-order valence-corrected chi connectivity index (χ4v) is 2.07. The third kappa shape index (κ3) is 5.30. The molecule has 0 unspecified atom stereocenters. The fraction of sp³-hybridized carbons (Fsp3) is 0.167. The summed E-state index contributed by atoms with van der Waals surface area (Å²) >= 11 is 0. The first kappa shape index (κ1) is 20.0. The summed E-state index contributed by atoms with van der Waals surface area (Å²) in [5.74, 6) is -2.29. The van der Waals surface area contributed by atoms with Crippen molar-refractivity contribution in [1.29, 1.82) is 0 Å². The Hall–Kier alpha value is -3.36. The van der Waals surface area contributed by atoms with E-state index < -0.39 is 35.6 Å². The third-order valence-corrected chi connectivity index (χ3v) is 3.52. The second-order valence-electron chi connectivity index (χ2n) is 5.56. The summed E-state index contributed by atoms with van der Waals surface area (Å²) in [4.78, 5) is 35.1. The Morgan fingerprint density at radius 1 is 1.04 bits per heavy atom. The Balaban J connectivity index is 2.01. The topological polar surface area (TPSA) is 98.5 Å². The van der Waals surface area contributed by atoms with E-state index in [-0.39, 0.29) is 16.8 Å². The normalized spacial score (nSPS) is 12.1. The summed E-state index contributed by atoms with van der Waals surface area (Å²) in [5.41, 5.74) is 4.37. The van der Waals surface area contributed by atoms with E-state index in [2.05, 4.69) is 5.32 Å². The SMILES string of the molecule is C[C@@H](OC(=O)c1ccc(C(N)=O)cc1)C(=O)Nc1cccc(C(F)(F)F)c1. The number of hydrogen-bond donors (Lipinski definition) is 2. The quantitative estimate of drug-likeness (QED) is 0.779. The molecule has 2 aromatic rings. The van der Waals surface area contributed by atoms with E-state index in [9.17, 15) is 27.6 Å². The van der Waals surface area contributed by atoms with Crippen molar-refractivity contribution in [2.75, 3.05) is 5.32 Å². The average Bonchev–Trinajstić information content (AvgIpc) is 2.61. The minimum atomic E-state index is -4.55. The molecule has 27 heavy (non-hydrogen) atoms. The first-order valence-electron chi connectivity index (χ1n) is 7.67. The summed E-state index contributed by atoms with van der Waals surface area (Å²) in [6, 6.07) is 9.34. The molecule has 0 aromatic heterocycles. The molecule has 0 saturated heterocycles. The molecule has 0 fully saturated rings. The van der Waals surface area contributed by atoms with E-state index in [1.807, 2.05) is 0 Å². The molecule has 142 valence electrons. The number of nitrogens with two attached hydrogens (primary N) is 1. The first-order valence-corrected chi connectivity index (χ1v) is 7.67. The smallest absolute Gasteiger partial charge is 0.416 e. The Bertz CT molecular complexity index is 864. The van der Waals surface area contributed by atoms with E-state index in [1.54, 1.807) is 0 Å². The number of rotatable bonds is 5. The van der Waals surface area contributed by atoms with Gasteiger partial charge in [-0.25, -0.2) is 4.79 Å². The first-order chi connectivity index (χ1) is 12.6. The van der Waals surface area contributed by atoms with Crippen molar-refractivity contribution < 1.29 is 32.3 Å². The van der Waals surface area contributed by atoms with Crippen LogP contribution in [-0.2, 0) is 15.7 Å². The third-order valence-electron chi connectivity index (χ3n) is 3.52. The predicted molar refractivity (Wildman–Crippen MR) is 89.9 cm³/mol. The van der Waals surface area contributed by atoms with Gasteiger partial charge in [-0.3, -0.25) is 9.59 Å². The van der Waals surface area contributed by atoms with Gasteiger partial charge in [-0.15, -0.1) is 0 Å². The Morgan fingerprint density at radius 3 is 2.19 bits per heavy atom. The molecule has 2 amide bonds. The van der Waals surface area contributed by atoms with Crippen molar-refractivity contribution in [3.63, 3.8) is 0 Å². The number of halogens is 3. The number of nitrogens with one attached hydrogen (secondary N) is 1. The van der Waals surface area contributed by atoms with Gasteiger partial charge in [-0.1, -0.05) is 6.07 Å². The highest BCUT2D eigenvalue weighted by atomic mass is 19.4. The zero-order chi connectivity index (χ0) is 20.2. The summed E-state index contributed by atoms with van der Waals surface area (Å²) in [5, 5.41) is 2.26. The van der Waals surface area contributed by atoms with Crippen LogP contribution in [0.2, 0.25) is 0 Å². The lowest BCUT2D eigenvalue weighted by atomic mass is 10.1. The largest absolute Gasteiger partial charge is 0.449 e. The zero-order valence-corrected chi connectivity index (χ0v) is 14.0. The molecule has 6 nitrogen and oxygen atoms in total. The molecule has 2 aromatic carbocycles. The van der Waals surface area contributed by atoms with Gasteiger partial charge in [0.2, 0.25) is 5.91 Å². The van der Waals surface area contributed by atoms with Gasteiger partial charge in [0.05, 0.1) is 11.1 Å². The second-order valence-corrected chi connectivity index (χ2v) is 5.56. The number of benzene rings is 2. The molecular formula is C18H15F3N2O4. The highest BCUT2D eigenvalue weighted by Crippen LogP contribution is 2.30. The Morgan fingerprint density at radius 2 is 1.63 bits per heavy atom. The van der Waals surface area contributed by atoms with Crippen LogP contribution in [0.15, 0.2) is 48.5 Å². The van der Waals surface area contributed by atoms with E-state index >= 15 is 0 Å². The highest BCUT2D eigenvalue weighted by Gasteiger charge is 2.30. The molecule has 3 N–H and O–H groups in total. The molecule has 0 bridgehead atoms. The van der Waals surface area contributed by atoms with E-state index in [4.69, 9.17) is 10.5 Å². The van der Waals surface area contributed by atoms with Gasteiger partial charge in [-0.2, -0.15) is 13.2 Å². The van der Waals surface area contributed by atoms with Crippen molar-refractivity contribution in [3.8, 4) is 0 Å². The van der Waals surface area contributed by atoms with E-state index in [0.717, 1.165) is 18.2 Å². The van der Waals surface area contributed by atoms with Crippen LogP contribution in [0.5, 0.6) is 0 Å². The van der Waals surface area contributed by atoms with Gasteiger partial charge < -0.3 is 15.8 Å². The van der Waals surface area contributed by atoms with Crippen molar-refractivity contribution in [1.82, 2.24) is 0 Å². The number of hydrogen-bond acceptors (Lipinski definition) is 4. The van der Waals surface area contributed by atoms with Gasteiger partial charge in [0.15, 0.2) is 6.10 Å². The van der Waals surface area contributed by atoms with Gasteiger partial charge in [0, 0.05) is 11.3 Å². The Labute approximate surface area is 152 Å². The maximum Gasteiger partial charge on any atom is 0.416 e. The van der Waals surface area contributed by atoms with Crippen LogP contribution in [0.1, 0.15) is 33.2 Å². The maximum atomic E-state index is 12.7. The number of amides is 2. The average molecular weight is 380 g/mol. The van der Waals surface area contributed by atoms with Gasteiger partial charge >= 0.3 is 12.1 Å². The summed E-state index contributed by atoms with van der Waals surface area (Å²) in [7, 11) is 0. The minimum absolute atomic E-state index is 0.0801. The molecule has 0 heterocycles. The molecule has 0 radical (unpaired) electrons. The van der Waals surface area contributed by atoms with Crippen LogP contribution in [0.3, 0.4) is 0 Å². The van der Waals surface area contributed by atoms with Crippen molar-refractivity contribution in [3.05, 3.63) is 65.2 Å². The van der Waals surface area contributed by atoms with Crippen LogP contribution < -0.4 is 11.1 Å². The van der Waals surface area contributed by atoms with Gasteiger partial charge in [0.25, 0.3) is 5.91 Å². The number of ether oxygens (including phenoxy) is 1. The maximum absolute atomic E-state index is 12.7. The summed E-state index contributed by atoms with van der Waals surface area (Å²) in [6.45, 7) is 1.28. The summed E-state index contributed by atoms with van der Waals surface area (Å²) in [6.07, 6.45) is -5.81. The van der Waals surface area contributed by atoms with E-state index in [0.29, 0.717) is 0 Å². The van der Waals surface area contributed by atoms with Crippen LogP contribution in [-0.4, -0.2) is 23.9 Å². The molecule has 0 spiro atoms. The monoisotopic (exact) mass is 380 g/mol. The molecule has 2 rings (SSSR count). The Kier molecular flexibility index (Phi) is 5.84. The molecule has 1 atom stereocenters. The summed E-state index contributed by atoms with van der Waals surface area (Å²) < 4.78 is 43.1. The van der Waals surface area contributed by atoms with E-state index in [1.165, 1.54) is 37.3 Å². The van der Waals surface area contributed by atoms with Crippen molar-refractivity contribution in [2.45, 2.75) is 19.2 Å². The number of alkyl halides is 3. The van der Waals surface area contributed by atoms with Crippen LogP contribution >= 0.6 is 0 Å². The molecular weight excluding hydrogens is 365 g/mol. The minimum Gasteiger partial charge on any atom is -0.449 e. The molecule has 0 saturated carbocycles. The number of carbonyl (C=O) groups is 3. The fourth-order valence-electron chi connectivity index (χ4n) is 2.07. The molecule has 0 aliphatic rings. The van der Waals surface area contributed by atoms with Gasteiger partial charge in [-0.05, 0) is 49.4 Å². The number of carbonyl (C=O) groups excluding carboxylic acids is 3. The van der Waals surface area contributed by atoms with Crippen molar-refractivity contribution >= 4 is 23.5 Å². The van der Waals surface area contributed by atoms with Crippen molar-refractivity contribution in [2.24, 2.45) is 5.73 Å². The number of anilines is 1. The molecule has 0 aliphatic heterocycles. The zero-order valence-electron chi connectivity index (χ0n) is 14.0. The van der Waals surface area contributed by atoms with Crippen LogP contribution in [0.25, 0.3) is 0 Å². The number of primary amides is 1. The highest BCUT2D eigenvalue weighted by molar-refractivity contribution is 5.98. The standard InChI is InChI=1S/C18H15F3N2O4/c1-10(27-17(26)12-7-5-11(6-8-12)15(22)24)16(25)23-14-4-2-3-13(9-14)18(19,20)21/h2-10H,1H3,(H2,22,24)(H,23,25)/t10-/m1/s1. The van der Waals surface area contributed by atoms with Crippen LogP contribution in [0.4, 0.5) is 18.9 Å². The molecule has 0 aliphatic carbocycles. The lowest BCUT2D eigenvalue weighted by molar-refractivity contribution is -0.137. The van der Waals surface area contributed by atoms with Crippen LogP contribution in [0, 0.1) is 0 Å². The lowest BCUT2D eigenvalue weighted by Crippen LogP contribution is -2.30. The second kappa shape index (κ2) is 7.90. The molecule has 9 heteroatoms.